The van der Waals surface area contributed by atoms with Gasteiger partial charge in [0.2, 0.25) is 0 Å². The second kappa shape index (κ2) is 9.16. The van der Waals surface area contributed by atoms with Crippen molar-refractivity contribution in [1.29, 1.82) is 0 Å². The maximum absolute atomic E-state index is 12.2. The Kier molecular flexibility index (Phi) is 7.56. The summed E-state index contributed by atoms with van der Waals surface area (Å²) in [5, 5.41) is 2.46. The number of nitrogens with one attached hydrogen (secondary N) is 1. The predicted molar refractivity (Wildman–Crippen MR) is 91.7 cm³/mol. The van der Waals surface area contributed by atoms with Crippen LogP contribution in [0.25, 0.3) is 0 Å². The van der Waals surface area contributed by atoms with Crippen LogP contribution < -0.4 is 5.32 Å². The van der Waals surface area contributed by atoms with E-state index in [1.807, 2.05) is 0 Å². The van der Waals surface area contributed by atoms with Gasteiger partial charge in [-0.1, -0.05) is 18.2 Å². The molecular weight excluding hydrogens is 348 g/mol. The number of benzene rings is 1. The number of likely N-dealkylation sites (N-methyl/N-ethyl adjacent to an activating group) is 1. The molecule has 0 bridgehead atoms. The molecule has 1 aromatic rings. The first-order valence-electron chi connectivity index (χ1n) is 7.50. The maximum Gasteiger partial charge on any atom is 0.329 e. The molecule has 8 nitrogen and oxygen atoms in total. The Bertz CT molecular complexity index is 715. The summed E-state index contributed by atoms with van der Waals surface area (Å²) in [6, 6.07) is 7.01. The molecule has 0 spiro atoms. The molecule has 1 rings (SSSR count). The van der Waals surface area contributed by atoms with E-state index in [1.54, 1.807) is 30.3 Å². The van der Waals surface area contributed by atoms with Crippen LogP contribution in [0.4, 0.5) is 0 Å². The fraction of sp³-hybridized carbons (Fsp3) is 0.438. The van der Waals surface area contributed by atoms with E-state index in [0.29, 0.717) is 5.56 Å². The zero-order valence-electron chi connectivity index (χ0n) is 14.4. The Morgan fingerprint density at radius 2 is 1.76 bits per heavy atom. The van der Waals surface area contributed by atoms with E-state index in [0.717, 1.165) is 6.26 Å². The first-order chi connectivity index (χ1) is 11.6. The van der Waals surface area contributed by atoms with Crippen molar-refractivity contribution in [3.8, 4) is 0 Å². The van der Waals surface area contributed by atoms with E-state index in [2.05, 4.69) is 5.32 Å². The van der Waals surface area contributed by atoms with Crippen LogP contribution >= 0.6 is 0 Å². The molecule has 0 fully saturated rings. The highest BCUT2D eigenvalue weighted by atomic mass is 32.2. The van der Waals surface area contributed by atoms with E-state index in [9.17, 15) is 22.8 Å². The number of hydrogen-bond donors (Lipinski definition) is 1. The highest BCUT2D eigenvalue weighted by Crippen LogP contribution is 2.04. The van der Waals surface area contributed by atoms with Gasteiger partial charge in [0.15, 0.2) is 6.61 Å². The zero-order valence-corrected chi connectivity index (χ0v) is 15.2. The molecule has 1 atom stereocenters. The molecule has 0 aliphatic rings. The average Bonchev–Trinajstić information content (AvgIpc) is 2.55. The number of hydrogen-bond acceptors (Lipinski definition) is 6. The van der Waals surface area contributed by atoms with E-state index < -0.39 is 40.3 Å². The van der Waals surface area contributed by atoms with Crippen molar-refractivity contribution in [3.63, 3.8) is 0 Å². The van der Waals surface area contributed by atoms with Crippen LogP contribution in [0.15, 0.2) is 30.3 Å². The van der Waals surface area contributed by atoms with Crippen LogP contribution in [0.5, 0.6) is 0 Å². The van der Waals surface area contributed by atoms with Crippen molar-refractivity contribution < 1.29 is 27.5 Å². The largest absolute Gasteiger partial charge is 0.454 e. The summed E-state index contributed by atoms with van der Waals surface area (Å²) in [6.45, 7) is -0.484. The van der Waals surface area contributed by atoms with E-state index in [-0.39, 0.29) is 12.2 Å². The molecule has 2 amide bonds. The van der Waals surface area contributed by atoms with Gasteiger partial charge in [-0.25, -0.2) is 13.2 Å². The number of sulfone groups is 1. The third-order valence-corrected chi connectivity index (χ3v) is 4.22. The van der Waals surface area contributed by atoms with Gasteiger partial charge in [0.1, 0.15) is 15.9 Å². The normalized spacial score (nSPS) is 12.1. The number of esters is 1. The monoisotopic (exact) mass is 370 g/mol. The molecule has 1 aromatic carbocycles. The highest BCUT2D eigenvalue weighted by molar-refractivity contribution is 7.90. The fourth-order valence-electron chi connectivity index (χ4n) is 1.77. The summed E-state index contributed by atoms with van der Waals surface area (Å²) in [6.07, 6.45) is 0.885. The number of nitrogens with zero attached hydrogens (tertiary/aromatic N) is 1. The molecule has 0 saturated carbocycles. The van der Waals surface area contributed by atoms with Crippen LogP contribution in [-0.4, -0.2) is 69.9 Å². The lowest BCUT2D eigenvalue weighted by Crippen LogP contribution is -2.44. The molecule has 0 heterocycles. The lowest BCUT2D eigenvalue weighted by Gasteiger charge is -2.18. The minimum Gasteiger partial charge on any atom is -0.454 e. The van der Waals surface area contributed by atoms with Gasteiger partial charge in [-0.05, 0) is 18.6 Å². The minimum atomic E-state index is -3.33. The first-order valence-corrected chi connectivity index (χ1v) is 9.56. The Hall–Kier alpha value is -2.42. The molecule has 0 unspecified atom stereocenters. The van der Waals surface area contributed by atoms with Gasteiger partial charge in [-0.15, -0.1) is 0 Å². The van der Waals surface area contributed by atoms with E-state index in [4.69, 9.17) is 4.74 Å². The highest BCUT2D eigenvalue weighted by Gasteiger charge is 2.25. The van der Waals surface area contributed by atoms with Gasteiger partial charge >= 0.3 is 5.97 Å². The number of rotatable bonds is 8. The molecule has 0 aliphatic heterocycles. The van der Waals surface area contributed by atoms with E-state index in [1.165, 1.54) is 19.0 Å². The number of carbonyl (C=O) groups excluding carboxylic acids is 3. The molecule has 9 heteroatoms. The molecule has 1 N–H and O–H groups in total. The Labute approximate surface area is 147 Å². The van der Waals surface area contributed by atoms with Gasteiger partial charge in [0.25, 0.3) is 11.8 Å². The lowest BCUT2D eigenvalue weighted by atomic mass is 10.1. The molecule has 25 heavy (non-hydrogen) atoms. The van der Waals surface area contributed by atoms with Crippen LogP contribution in [0, 0.1) is 0 Å². The van der Waals surface area contributed by atoms with Crippen molar-refractivity contribution in [2.75, 3.05) is 32.7 Å². The standard InChI is InChI=1S/C16H22N2O6S/c1-18(2)14(19)11-24-16(21)13(9-10-25(3,22)23)17-15(20)12-7-5-4-6-8-12/h4-8,13H,9-11H2,1-3H3,(H,17,20)/t13-/m1/s1. The van der Waals surface area contributed by atoms with Gasteiger partial charge in [0, 0.05) is 25.9 Å². The van der Waals surface area contributed by atoms with Crippen LogP contribution in [0.1, 0.15) is 16.8 Å². The summed E-state index contributed by atoms with van der Waals surface area (Å²) in [4.78, 5) is 37.1. The van der Waals surface area contributed by atoms with Crippen LogP contribution in [-0.2, 0) is 24.2 Å². The SMILES string of the molecule is CN(C)C(=O)COC(=O)[C@@H](CCS(C)(=O)=O)NC(=O)c1ccccc1. The topological polar surface area (TPSA) is 110 Å². The first kappa shape index (κ1) is 20.6. The van der Waals surface area contributed by atoms with Gasteiger partial charge < -0.3 is 15.0 Å². The lowest BCUT2D eigenvalue weighted by molar-refractivity contribution is -0.152. The molecular formula is C16H22N2O6S. The molecule has 0 aromatic heterocycles. The zero-order chi connectivity index (χ0) is 19.0. The van der Waals surface area contributed by atoms with E-state index >= 15 is 0 Å². The Balaban J connectivity index is 2.79. The maximum atomic E-state index is 12.2. The van der Waals surface area contributed by atoms with Crippen molar-refractivity contribution in [2.45, 2.75) is 12.5 Å². The molecule has 0 saturated heterocycles. The molecule has 138 valence electrons. The van der Waals surface area contributed by atoms with Crippen LogP contribution in [0.2, 0.25) is 0 Å². The number of amides is 2. The van der Waals surface area contributed by atoms with Crippen LogP contribution in [0.3, 0.4) is 0 Å². The van der Waals surface area contributed by atoms with Gasteiger partial charge in [-0.2, -0.15) is 0 Å². The smallest absolute Gasteiger partial charge is 0.329 e. The minimum absolute atomic E-state index is 0.146. The van der Waals surface area contributed by atoms with Gasteiger partial charge in [-0.3, -0.25) is 9.59 Å². The number of ether oxygens (including phenoxy) is 1. The second-order valence-corrected chi connectivity index (χ2v) is 7.97. The Morgan fingerprint density at radius 3 is 2.28 bits per heavy atom. The average molecular weight is 370 g/mol. The van der Waals surface area contributed by atoms with Crippen molar-refractivity contribution in [3.05, 3.63) is 35.9 Å². The summed E-state index contributed by atoms with van der Waals surface area (Å²) >= 11 is 0. The summed E-state index contributed by atoms with van der Waals surface area (Å²) in [7, 11) is -0.315. The molecule has 0 radical (unpaired) electrons. The predicted octanol–water partition coefficient (Wildman–Crippen LogP) is -0.149. The third kappa shape index (κ3) is 7.79. The summed E-state index contributed by atoms with van der Waals surface area (Å²) in [5.74, 6) is -2.12. The van der Waals surface area contributed by atoms with Crippen molar-refractivity contribution in [1.82, 2.24) is 10.2 Å². The molecule has 0 aliphatic carbocycles. The summed E-state index contributed by atoms with van der Waals surface area (Å²) in [5.41, 5.74) is 0.323. The second-order valence-electron chi connectivity index (χ2n) is 5.71. The fourth-order valence-corrected chi connectivity index (χ4v) is 2.44. The third-order valence-electron chi connectivity index (χ3n) is 3.24. The van der Waals surface area contributed by atoms with Gasteiger partial charge in [0.05, 0.1) is 5.75 Å². The number of carbonyl (C=O) groups is 3. The van der Waals surface area contributed by atoms with Crippen molar-refractivity contribution >= 4 is 27.6 Å². The van der Waals surface area contributed by atoms with Crippen molar-refractivity contribution in [2.24, 2.45) is 0 Å². The summed E-state index contributed by atoms with van der Waals surface area (Å²) < 4.78 is 27.6. The Morgan fingerprint density at radius 1 is 1.16 bits per heavy atom. The quantitative estimate of drug-likeness (QED) is 0.638.